The molecule has 98 valence electrons. The van der Waals surface area contributed by atoms with Crippen LogP contribution < -0.4 is 5.73 Å². The third-order valence-corrected chi connectivity index (χ3v) is 3.54. The van der Waals surface area contributed by atoms with Crippen LogP contribution in [-0.2, 0) is 6.54 Å². The van der Waals surface area contributed by atoms with Crippen molar-refractivity contribution in [3.63, 3.8) is 0 Å². The van der Waals surface area contributed by atoms with Crippen LogP contribution in [0.5, 0.6) is 0 Å². The second-order valence-corrected chi connectivity index (χ2v) is 4.88. The summed E-state index contributed by atoms with van der Waals surface area (Å²) >= 11 is 0. The van der Waals surface area contributed by atoms with Crippen molar-refractivity contribution in [2.75, 3.05) is 0 Å². The van der Waals surface area contributed by atoms with Crippen LogP contribution >= 0.6 is 0 Å². The van der Waals surface area contributed by atoms with Crippen molar-refractivity contribution in [1.82, 2.24) is 4.57 Å². The molecule has 2 N–H and O–H groups in total. The van der Waals surface area contributed by atoms with Gasteiger partial charge in [-0.1, -0.05) is 6.07 Å². The van der Waals surface area contributed by atoms with E-state index in [1.807, 2.05) is 24.3 Å². The predicted octanol–water partition coefficient (Wildman–Crippen LogP) is 3.27. The normalized spacial score (nSPS) is 10.7. The lowest BCUT2D eigenvalue weighted by atomic mass is 10.1. The van der Waals surface area contributed by atoms with Crippen molar-refractivity contribution in [3.05, 3.63) is 65.4 Å². The van der Waals surface area contributed by atoms with Crippen LogP contribution in [0.1, 0.15) is 16.8 Å². The van der Waals surface area contributed by atoms with Gasteiger partial charge in [0, 0.05) is 23.3 Å². The van der Waals surface area contributed by atoms with Crippen molar-refractivity contribution >= 4 is 10.9 Å². The number of rotatable bonds is 2. The minimum absolute atomic E-state index is 0.553. The molecule has 0 saturated carbocycles. The Balaban J connectivity index is 2.19. The zero-order valence-corrected chi connectivity index (χ0v) is 11.3. The molecule has 3 rings (SSSR count). The van der Waals surface area contributed by atoms with Crippen LogP contribution in [0, 0.1) is 18.3 Å². The summed E-state index contributed by atoms with van der Waals surface area (Å²) in [5, 5.41) is 10.1. The van der Waals surface area contributed by atoms with E-state index in [1.54, 1.807) is 0 Å². The van der Waals surface area contributed by atoms with Crippen molar-refractivity contribution < 1.29 is 0 Å². The summed E-state index contributed by atoms with van der Waals surface area (Å²) in [7, 11) is 0. The Morgan fingerprint density at radius 1 is 1.10 bits per heavy atom. The van der Waals surface area contributed by atoms with Gasteiger partial charge in [0.25, 0.3) is 0 Å². The summed E-state index contributed by atoms with van der Waals surface area (Å²) in [6.07, 6.45) is 0. The molecule has 20 heavy (non-hydrogen) atoms. The van der Waals surface area contributed by atoms with Gasteiger partial charge in [0.15, 0.2) is 0 Å². The third-order valence-electron chi connectivity index (χ3n) is 3.54. The highest BCUT2D eigenvalue weighted by atomic mass is 15.0. The molecule has 0 aliphatic rings. The SMILES string of the molecule is Cc1cc2cc(CN)ccc2n1-c1ccc(C#N)cc1. The second kappa shape index (κ2) is 4.84. The lowest BCUT2D eigenvalue weighted by Crippen LogP contribution is -1.97. The van der Waals surface area contributed by atoms with Crippen LogP contribution in [0.25, 0.3) is 16.6 Å². The molecule has 3 heteroatoms. The van der Waals surface area contributed by atoms with E-state index < -0.39 is 0 Å². The molecule has 0 fully saturated rings. The fraction of sp³-hybridized carbons (Fsp3) is 0.118. The van der Waals surface area contributed by atoms with Gasteiger partial charge in [0.05, 0.1) is 17.1 Å². The van der Waals surface area contributed by atoms with E-state index in [9.17, 15) is 0 Å². The average molecular weight is 261 g/mol. The minimum atomic E-state index is 0.553. The fourth-order valence-electron chi connectivity index (χ4n) is 2.56. The molecule has 3 nitrogen and oxygen atoms in total. The molecule has 3 aromatic rings. The Hall–Kier alpha value is -2.57. The number of hydrogen-bond acceptors (Lipinski definition) is 2. The van der Waals surface area contributed by atoms with Gasteiger partial charge in [0.2, 0.25) is 0 Å². The zero-order chi connectivity index (χ0) is 14.1. The van der Waals surface area contributed by atoms with Crippen LogP contribution in [0.15, 0.2) is 48.5 Å². The first-order valence-corrected chi connectivity index (χ1v) is 6.54. The van der Waals surface area contributed by atoms with Crippen molar-refractivity contribution in [2.24, 2.45) is 5.73 Å². The van der Waals surface area contributed by atoms with E-state index >= 15 is 0 Å². The first-order valence-electron chi connectivity index (χ1n) is 6.54. The number of nitriles is 1. The third kappa shape index (κ3) is 1.97. The molecule has 0 amide bonds. The molecule has 0 spiro atoms. The highest BCUT2D eigenvalue weighted by Crippen LogP contribution is 2.25. The molecule has 1 aromatic heterocycles. The van der Waals surface area contributed by atoms with Gasteiger partial charge in [-0.15, -0.1) is 0 Å². The summed E-state index contributed by atoms with van der Waals surface area (Å²) in [6, 6.07) is 18.2. The lowest BCUT2D eigenvalue weighted by molar-refractivity contribution is 1.05. The van der Waals surface area contributed by atoms with E-state index in [0.717, 1.165) is 16.8 Å². The Kier molecular flexibility index (Phi) is 3.02. The van der Waals surface area contributed by atoms with E-state index in [4.69, 9.17) is 11.0 Å². The highest BCUT2D eigenvalue weighted by Gasteiger charge is 2.08. The standard InChI is InChI=1S/C17H15N3/c1-12-8-15-9-14(11-19)4-7-17(15)20(12)16-5-2-13(10-18)3-6-16/h2-9H,11,19H2,1H3. The quantitative estimate of drug-likeness (QED) is 0.769. The van der Waals surface area contributed by atoms with Gasteiger partial charge in [0.1, 0.15) is 0 Å². The smallest absolute Gasteiger partial charge is 0.0991 e. The first kappa shape index (κ1) is 12.5. The maximum absolute atomic E-state index is 8.87. The molecular formula is C17H15N3. The lowest BCUT2D eigenvalue weighted by Gasteiger charge is -2.08. The van der Waals surface area contributed by atoms with E-state index in [-0.39, 0.29) is 0 Å². The van der Waals surface area contributed by atoms with Gasteiger partial charge in [-0.3, -0.25) is 0 Å². The number of aryl methyl sites for hydroxylation is 1. The highest BCUT2D eigenvalue weighted by molar-refractivity contribution is 5.84. The van der Waals surface area contributed by atoms with E-state index in [1.165, 1.54) is 11.1 Å². The maximum Gasteiger partial charge on any atom is 0.0991 e. The Labute approximate surface area is 117 Å². The summed E-state index contributed by atoms with van der Waals surface area (Å²) in [6.45, 7) is 2.64. The summed E-state index contributed by atoms with van der Waals surface area (Å²) in [5.41, 5.74) is 10.9. The molecule has 0 bridgehead atoms. The van der Waals surface area contributed by atoms with Gasteiger partial charge in [-0.25, -0.2) is 0 Å². The zero-order valence-electron chi connectivity index (χ0n) is 11.3. The average Bonchev–Trinajstić information content (AvgIpc) is 2.82. The van der Waals surface area contributed by atoms with Crippen LogP contribution in [-0.4, -0.2) is 4.57 Å². The van der Waals surface area contributed by atoms with E-state index in [0.29, 0.717) is 12.1 Å². The van der Waals surface area contributed by atoms with Gasteiger partial charge < -0.3 is 10.3 Å². The molecule has 0 atom stereocenters. The van der Waals surface area contributed by atoms with Crippen LogP contribution in [0.3, 0.4) is 0 Å². The van der Waals surface area contributed by atoms with Crippen molar-refractivity contribution in [3.8, 4) is 11.8 Å². The second-order valence-electron chi connectivity index (χ2n) is 4.88. The Morgan fingerprint density at radius 2 is 1.85 bits per heavy atom. The van der Waals surface area contributed by atoms with Gasteiger partial charge in [-0.05, 0) is 55.0 Å². The Bertz CT molecular complexity index is 805. The summed E-state index contributed by atoms with van der Waals surface area (Å²) in [5.74, 6) is 0. The number of nitrogens with zero attached hydrogens (tertiary/aromatic N) is 2. The van der Waals surface area contributed by atoms with Crippen molar-refractivity contribution in [2.45, 2.75) is 13.5 Å². The number of aromatic nitrogens is 1. The van der Waals surface area contributed by atoms with Crippen LogP contribution in [0.4, 0.5) is 0 Å². The van der Waals surface area contributed by atoms with Gasteiger partial charge in [-0.2, -0.15) is 5.26 Å². The molecule has 0 radical (unpaired) electrons. The number of benzene rings is 2. The molecule has 0 aliphatic heterocycles. The largest absolute Gasteiger partial charge is 0.326 e. The summed E-state index contributed by atoms with van der Waals surface area (Å²) < 4.78 is 2.19. The molecule has 0 unspecified atom stereocenters. The molecule has 2 aromatic carbocycles. The summed E-state index contributed by atoms with van der Waals surface area (Å²) in [4.78, 5) is 0. The molecule has 1 heterocycles. The van der Waals surface area contributed by atoms with Crippen molar-refractivity contribution in [1.29, 1.82) is 5.26 Å². The topological polar surface area (TPSA) is 54.7 Å². The van der Waals surface area contributed by atoms with E-state index in [2.05, 4.69) is 41.8 Å². The molecule has 0 aliphatic carbocycles. The molecule has 0 saturated heterocycles. The Morgan fingerprint density at radius 3 is 2.50 bits per heavy atom. The number of nitrogens with two attached hydrogens (primary N) is 1. The van der Waals surface area contributed by atoms with Gasteiger partial charge >= 0.3 is 0 Å². The first-order chi connectivity index (χ1) is 9.72. The monoisotopic (exact) mass is 261 g/mol. The maximum atomic E-state index is 8.87. The molecular weight excluding hydrogens is 246 g/mol. The number of fused-ring (bicyclic) bond motifs is 1. The fourth-order valence-corrected chi connectivity index (χ4v) is 2.56. The predicted molar refractivity (Wildman–Crippen MR) is 80.6 cm³/mol. The van der Waals surface area contributed by atoms with Crippen LogP contribution in [0.2, 0.25) is 0 Å². The number of hydrogen-bond donors (Lipinski definition) is 1. The minimum Gasteiger partial charge on any atom is -0.326 e.